The number of aromatic nitrogens is 2. The molecule has 21 heavy (non-hydrogen) atoms. The van der Waals surface area contributed by atoms with E-state index in [-0.39, 0.29) is 23.8 Å². The van der Waals surface area contributed by atoms with Gasteiger partial charge < -0.3 is 20.1 Å². The number of rotatable bonds is 6. The Kier molecular flexibility index (Phi) is 4.93. The van der Waals surface area contributed by atoms with Crippen LogP contribution in [0.1, 0.15) is 43.3 Å². The lowest BCUT2D eigenvalue weighted by atomic mass is 10.1. The second-order valence-electron chi connectivity index (χ2n) is 5.37. The summed E-state index contributed by atoms with van der Waals surface area (Å²) in [5.74, 6) is 1.38. The summed E-state index contributed by atoms with van der Waals surface area (Å²) >= 11 is 0. The van der Waals surface area contributed by atoms with Crippen LogP contribution in [0.15, 0.2) is 28.8 Å². The minimum absolute atomic E-state index is 0.205. The summed E-state index contributed by atoms with van der Waals surface area (Å²) in [6.45, 7) is 4.06. The highest BCUT2D eigenvalue weighted by Gasteiger charge is 2.23. The first-order chi connectivity index (χ1) is 10.0. The smallest absolute Gasteiger partial charge is 0.243 e. The van der Waals surface area contributed by atoms with Gasteiger partial charge in [-0.05, 0) is 30.0 Å². The molecule has 2 atom stereocenters. The van der Waals surface area contributed by atoms with E-state index in [1.807, 2.05) is 26.0 Å². The Morgan fingerprint density at radius 1 is 1.29 bits per heavy atom. The van der Waals surface area contributed by atoms with Gasteiger partial charge in [0.2, 0.25) is 11.7 Å². The lowest BCUT2D eigenvalue weighted by molar-refractivity contribution is 0.0555. The number of ether oxygens (including phenoxy) is 1. The summed E-state index contributed by atoms with van der Waals surface area (Å²) in [6.07, 6.45) is 0.352. The number of methoxy groups -OCH3 is 1. The van der Waals surface area contributed by atoms with Crippen molar-refractivity contribution in [3.05, 3.63) is 41.5 Å². The molecule has 0 radical (unpaired) electrons. The van der Waals surface area contributed by atoms with Crippen LogP contribution in [0.3, 0.4) is 0 Å². The summed E-state index contributed by atoms with van der Waals surface area (Å²) in [5, 5.41) is 13.2. The number of phenolic OH excluding ortho intramolecular Hbond substituents is 1. The summed E-state index contributed by atoms with van der Waals surface area (Å²) in [5.41, 5.74) is 7.09. The van der Waals surface area contributed by atoms with Crippen LogP contribution in [0.25, 0.3) is 0 Å². The zero-order valence-corrected chi connectivity index (χ0v) is 12.5. The van der Waals surface area contributed by atoms with Gasteiger partial charge >= 0.3 is 0 Å². The van der Waals surface area contributed by atoms with Crippen LogP contribution in [-0.4, -0.2) is 22.4 Å². The van der Waals surface area contributed by atoms with Crippen LogP contribution >= 0.6 is 0 Å². The maximum Gasteiger partial charge on any atom is 0.243 e. The number of nitrogens with zero attached hydrogens (tertiary/aromatic N) is 2. The fourth-order valence-electron chi connectivity index (χ4n) is 2.16. The number of phenols is 1. The van der Waals surface area contributed by atoms with E-state index in [2.05, 4.69) is 10.1 Å². The molecule has 0 saturated heterocycles. The van der Waals surface area contributed by atoms with Crippen molar-refractivity contribution < 1.29 is 14.4 Å². The third kappa shape index (κ3) is 3.80. The van der Waals surface area contributed by atoms with Gasteiger partial charge in [0.15, 0.2) is 0 Å². The average Bonchev–Trinajstić information content (AvgIpc) is 2.91. The molecule has 2 aromatic rings. The van der Waals surface area contributed by atoms with Gasteiger partial charge in [0, 0.05) is 7.11 Å². The van der Waals surface area contributed by atoms with Crippen LogP contribution in [0.4, 0.5) is 0 Å². The van der Waals surface area contributed by atoms with Gasteiger partial charge in [0.05, 0.1) is 6.04 Å². The SMILES string of the molecule is COC(c1noc([C@@H](N)Cc2ccc(O)cc2)n1)C(C)C. The minimum Gasteiger partial charge on any atom is -0.508 e. The van der Waals surface area contributed by atoms with Gasteiger partial charge in [-0.15, -0.1) is 0 Å². The molecule has 6 nitrogen and oxygen atoms in total. The molecule has 0 aliphatic rings. The largest absolute Gasteiger partial charge is 0.508 e. The van der Waals surface area contributed by atoms with Crippen molar-refractivity contribution in [3.63, 3.8) is 0 Å². The lowest BCUT2D eigenvalue weighted by Gasteiger charge is -2.14. The molecule has 114 valence electrons. The van der Waals surface area contributed by atoms with Crippen molar-refractivity contribution in [1.29, 1.82) is 0 Å². The molecule has 0 amide bonds. The molecule has 3 N–H and O–H groups in total. The Labute approximate surface area is 123 Å². The van der Waals surface area contributed by atoms with Crippen LogP contribution in [0.2, 0.25) is 0 Å². The molecule has 1 aromatic heterocycles. The fraction of sp³-hybridized carbons (Fsp3) is 0.467. The van der Waals surface area contributed by atoms with E-state index in [1.54, 1.807) is 19.2 Å². The number of hydrogen-bond acceptors (Lipinski definition) is 6. The van der Waals surface area contributed by atoms with Crippen molar-refractivity contribution in [1.82, 2.24) is 10.1 Å². The Bertz CT molecular complexity index is 566. The van der Waals surface area contributed by atoms with Crippen LogP contribution in [-0.2, 0) is 11.2 Å². The first kappa shape index (κ1) is 15.5. The maximum absolute atomic E-state index is 9.27. The second-order valence-corrected chi connectivity index (χ2v) is 5.37. The Balaban J connectivity index is 2.08. The second kappa shape index (κ2) is 6.69. The van der Waals surface area contributed by atoms with E-state index in [9.17, 15) is 5.11 Å². The van der Waals surface area contributed by atoms with Gasteiger partial charge in [-0.2, -0.15) is 4.98 Å². The Hall–Kier alpha value is -1.92. The highest BCUT2D eigenvalue weighted by Crippen LogP contribution is 2.24. The number of nitrogens with two attached hydrogens (primary N) is 1. The molecular formula is C15H21N3O3. The summed E-state index contributed by atoms with van der Waals surface area (Å²) in [7, 11) is 1.62. The fourth-order valence-corrected chi connectivity index (χ4v) is 2.16. The van der Waals surface area contributed by atoms with Crippen molar-refractivity contribution in [2.75, 3.05) is 7.11 Å². The first-order valence-corrected chi connectivity index (χ1v) is 6.91. The van der Waals surface area contributed by atoms with E-state index in [0.29, 0.717) is 18.1 Å². The maximum atomic E-state index is 9.27. The molecule has 0 bridgehead atoms. The van der Waals surface area contributed by atoms with Crippen LogP contribution in [0, 0.1) is 5.92 Å². The molecule has 0 fully saturated rings. The minimum atomic E-state index is -0.388. The van der Waals surface area contributed by atoms with Crippen LogP contribution in [0.5, 0.6) is 5.75 Å². The van der Waals surface area contributed by atoms with Crippen molar-refractivity contribution in [2.45, 2.75) is 32.4 Å². The normalized spacial score (nSPS) is 14.3. The predicted octanol–water partition coefficient (Wildman–Crippen LogP) is 2.36. The molecule has 0 spiro atoms. The summed E-state index contributed by atoms with van der Waals surface area (Å²) in [6, 6.07) is 6.50. The van der Waals surface area contributed by atoms with E-state index in [0.717, 1.165) is 5.56 Å². The molecule has 2 rings (SSSR count). The van der Waals surface area contributed by atoms with Crippen molar-refractivity contribution in [3.8, 4) is 5.75 Å². The van der Waals surface area contributed by atoms with Gasteiger partial charge in [0.25, 0.3) is 0 Å². The number of hydrogen-bond donors (Lipinski definition) is 2. The van der Waals surface area contributed by atoms with Gasteiger partial charge in [0.1, 0.15) is 11.9 Å². The summed E-state index contributed by atoms with van der Waals surface area (Å²) in [4.78, 5) is 4.34. The third-order valence-electron chi connectivity index (χ3n) is 3.28. The van der Waals surface area contributed by atoms with Crippen molar-refractivity contribution >= 4 is 0 Å². The predicted molar refractivity (Wildman–Crippen MR) is 77.6 cm³/mol. The zero-order valence-electron chi connectivity index (χ0n) is 12.5. The Morgan fingerprint density at radius 3 is 2.52 bits per heavy atom. The molecule has 1 heterocycles. The standard InChI is InChI=1S/C15H21N3O3/c1-9(2)13(20-3)14-17-15(21-18-14)12(16)8-10-4-6-11(19)7-5-10/h4-7,9,12-13,19H,8,16H2,1-3H3/t12-,13?/m0/s1. The molecule has 0 aliphatic heterocycles. The van der Waals surface area contributed by atoms with E-state index >= 15 is 0 Å². The van der Waals surface area contributed by atoms with Crippen LogP contribution < -0.4 is 5.73 Å². The number of benzene rings is 1. The molecule has 6 heteroatoms. The van der Waals surface area contributed by atoms with Gasteiger partial charge in [-0.1, -0.05) is 31.1 Å². The monoisotopic (exact) mass is 291 g/mol. The van der Waals surface area contributed by atoms with Crippen molar-refractivity contribution in [2.24, 2.45) is 11.7 Å². The quantitative estimate of drug-likeness (QED) is 0.848. The molecule has 1 aromatic carbocycles. The molecule has 0 aliphatic carbocycles. The third-order valence-corrected chi connectivity index (χ3v) is 3.28. The highest BCUT2D eigenvalue weighted by molar-refractivity contribution is 5.26. The van der Waals surface area contributed by atoms with E-state index in [4.69, 9.17) is 15.0 Å². The van der Waals surface area contributed by atoms with Gasteiger partial charge in [-0.3, -0.25) is 0 Å². The number of aromatic hydroxyl groups is 1. The van der Waals surface area contributed by atoms with E-state index in [1.165, 1.54) is 0 Å². The average molecular weight is 291 g/mol. The lowest BCUT2D eigenvalue weighted by Crippen LogP contribution is -2.15. The highest BCUT2D eigenvalue weighted by atomic mass is 16.5. The molecule has 1 unspecified atom stereocenters. The topological polar surface area (TPSA) is 94.4 Å². The summed E-state index contributed by atoms with van der Waals surface area (Å²) < 4.78 is 10.6. The molecular weight excluding hydrogens is 270 g/mol. The zero-order chi connectivity index (χ0) is 15.4. The van der Waals surface area contributed by atoms with E-state index < -0.39 is 0 Å². The van der Waals surface area contributed by atoms with Gasteiger partial charge in [-0.25, -0.2) is 0 Å². The molecule has 0 saturated carbocycles. The first-order valence-electron chi connectivity index (χ1n) is 6.91. The Morgan fingerprint density at radius 2 is 1.95 bits per heavy atom.